The van der Waals surface area contributed by atoms with Gasteiger partial charge in [0.05, 0.1) is 5.71 Å². The molecule has 0 saturated carbocycles. The predicted octanol–water partition coefficient (Wildman–Crippen LogP) is 3.02. The zero-order valence-corrected chi connectivity index (χ0v) is 13.2. The zero-order valence-electron chi connectivity index (χ0n) is 12.5. The van der Waals surface area contributed by atoms with Crippen molar-refractivity contribution in [3.05, 3.63) is 59.1 Å². The van der Waals surface area contributed by atoms with Crippen molar-refractivity contribution in [3.63, 3.8) is 0 Å². The second-order valence-electron chi connectivity index (χ2n) is 5.05. The molecule has 1 amide bonds. The molecule has 6 heteroatoms. The van der Waals surface area contributed by atoms with E-state index in [-0.39, 0.29) is 12.5 Å². The molecule has 0 aliphatic carbocycles. The number of hydrazone groups is 1. The number of carbonyl (C=O) groups excluding carboxylic acids is 1. The molecule has 0 spiro atoms. The van der Waals surface area contributed by atoms with Crippen LogP contribution in [0.1, 0.15) is 12.5 Å². The molecule has 0 saturated heterocycles. The average molecular weight is 331 g/mol. The number of carbonyl (C=O) groups is 1. The number of benzene rings is 2. The van der Waals surface area contributed by atoms with Gasteiger partial charge in [0.15, 0.2) is 11.5 Å². The van der Waals surface area contributed by atoms with Gasteiger partial charge in [0.25, 0.3) is 5.91 Å². The topological polar surface area (TPSA) is 59.9 Å². The van der Waals surface area contributed by atoms with Crippen molar-refractivity contribution < 1.29 is 14.3 Å². The van der Waals surface area contributed by atoms with Gasteiger partial charge >= 0.3 is 0 Å². The van der Waals surface area contributed by atoms with Crippen molar-refractivity contribution in [1.29, 1.82) is 0 Å². The Bertz CT molecular complexity index is 761. The second kappa shape index (κ2) is 6.71. The summed E-state index contributed by atoms with van der Waals surface area (Å²) < 4.78 is 11.1. The normalized spacial score (nSPS) is 16.8. The van der Waals surface area contributed by atoms with Crippen molar-refractivity contribution in [2.24, 2.45) is 5.10 Å². The highest BCUT2D eigenvalue weighted by Gasteiger charge is 2.27. The van der Waals surface area contributed by atoms with E-state index in [0.717, 1.165) is 5.56 Å². The van der Waals surface area contributed by atoms with E-state index in [2.05, 4.69) is 10.5 Å². The molecule has 0 unspecified atom stereocenters. The molecule has 0 radical (unpaired) electrons. The molecule has 0 bridgehead atoms. The third kappa shape index (κ3) is 3.63. The van der Waals surface area contributed by atoms with Crippen LogP contribution in [0.4, 0.5) is 0 Å². The lowest BCUT2D eigenvalue weighted by Gasteiger charge is -2.24. The lowest BCUT2D eigenvalue weighted by atomic mass is 10.1. The van der Waals surface area contributed by atoms with E-state index in [4.69, 9.17) is 21.1 Å². The Morgan fingerprint density at radius 1 is 1.22 bits per heavy atom. The van der Waals surface area contributed by atoms with Crippen molar-refractivity contribution in [3.8, 4) is 11.5 Å². The number of nitrogens with one attached hydrogen (secondary N) is 1. The standard InChI is InChI=1S/C17H15ClN2O3/c1-11(12-5-4-6-13(18)9-12)19-20-17(21)16-10-22-14-7-2-3-8-15(14)23-16/h2-9,16H,10H2,1H3,(H,20,21)/b19-11-/t16-/m1/s1. The van der Waals surface area contributed by atoms with Crippen LogP contribution in [-0.4, -0.2) is 24.3 Å². The Morgan fingerprint density at radius 3 is 2.78 bits per heavy atom. The molecule has 1 N–H and O–H groups in total. The van der Waals surface area contributed by atoms with Gasteiger partial charge in [-0.05, 0) is 36.8 Å². The molecule has 1 aliphatic rings. The highest BCUT2D eigenvalue weighted by Crippen LogP contribution is 2.30. The number of halogens is 1. The van der Waals surface area contributed by atoms with Gasteiger partial charge in [-0.1, -0.05) is 35.9 Å². The molecule has 1 atom stereocenters. The van der Waals surface area contributed by atoms with Crippen molar-refractivity contribution in [2.75, 3.05) is 6.61 Å². The molecular weight excluding hydrogens is 316 g/mol. The minimum absolute atomic E-state index is 0.147. The van der Waals surface area contributed by atoms with Gasteiger partial charge in [-0.25, -0.2) is 5.43 Å². The van der Waals surface area contributed by atoms with Crippen molar-refractivity contribution in [2.45, 2.75) is 13.0 Å². The zero-order chi connectivity index (χ0) is 16.2. The van der Waals surface area contributed by atoms with Crippen LogP contribution in [0.2, 0.25) is 5.02 Å². The van der Waals surface area contributed by atoms with Crippen LogP contribution in [-0.2, 0) is 4.79 Å². The van der Waals surface area contributed by atoms with Gasteiger partial charge in [0, 0.05) is 5.02 Å². The number of fused-ring (bicyclic) bond motifs is 1. The van der Waals surface area contributed by atoms with Crippen LogP contribution in [0.3, 0.4) is 0 Å². The minimum Gasteiger partial charge on any atom is -0.485 e. The molecule has 2 aromatic carbocycles. The number of ether oxygens (including phenoxy) is 2. The quantitative estimate of drug-likeness (QED) is 0.695. The maximum absolute atomic E-state index is 12.2. The Morgan fingerprint density at radius 2 is 2.00 bits per heavy atom. The van der Waals surface area contributed by atoms with E-state index in [1.54, 1.807) is 31.2 Å². The Balaban J connectivity index is 1.65. The van der Waals surface area contributed by atoms with Crippen LogP contribution in [0.25, 0.3) is 0 Å². The maximum Gasteiger partial charge on any atom is 0.284 e. The van der Waals surface area contributed by atoms with Crippen molar-refractivity contribution in [1.82, 2.24) is 5.43 Å². The Labute approximate surface area is 138 Å². The van der Waals surface area contributed by atoms with Gasteiger partial charge < -0.3 is 9.47 Å². The molecule has 2 aromatic rings. The fourth-order valence-electron chi connectivity index (χ4n) is 2.14. The van der Waals surface area contributed by atoms with Gasteiger partial charge in [-0.15, -0.1) is 0 Å². The van der Waals surface area contributed by atoms with E-state index in [0.29, 0.717) is 22.2 Å². The summed E-state index contributed by atoms with van der Waals surface area (Å²) in [5.74, 6) is 0.825. The molecule has 1 aliphatic heterocycles. The van der Waals surface area contributed by atoms with E-state index in [1.807, 2.05) is 24.3 Å². The van der Waals surface area contributed by atoms with E-state index < -0.39 is 6.10 Å². The largest absolute Gasteiger partial charge is 0.485 e. The van der Waals surface area contributed by atoms with Gasteiger partial charge in [0.1, 0.15) is 6.61 Å². The fraction of sp³-hybridized carbons (Fsp3) is 0.176. The monoisotopic (exact) mass is 330 g/mol. The number of nitrogens with zero attached hydrogens (tertiary/aromatic N) is 1. The van der Waals surface area contributed by atoms with E-state index in [9.17, 15) is 4.79 Å². The summed E-state index contributed by atoms with van der Waals surface area (Å²) in [7, 11) is 0. The highest BCUT2D eigenvalue weighted by molar-refractivity contribution is 6.31. The first kappa shape index (κ1) is 15.4. The first-order valence-corrected chi connectivity index (χ1v) is 7.50. The predicted molar refractivity (Wildman–Crippen MR) is 88.2 cm³/mol. The Kier molecular flexibility index (Phi) is 4.48. The SMILES string of the molecule is C/C(=N/NC(=O)[C@H]1COc2ccccc2O1)c1cccc(Cl)c1. The van der Waals surface area contributed by atoms with Gasteiger partial charge in [-0.3, -0.25) is 4.79 Å². The second-order valence-corrected chi connectivity index (χ2v) is 5.48. The molecular formula is C17H15ClN2O3. The van der Waals surface area contributed by atoms with Gasteiger partial charge in [0.2, 0.25) is 6.10 Å². The third-order valence-corrected chi connectivity index (χ3v) is 3.61. The third-order valence-electron chi connectivity index (χ3n) is 3.38. The van der Waals surface area contributed by atoms with Crippen LogP contribution in [0, 0.1) is 0 Å². The maximum atomic E-state index is 12.2. The number of hydrogen-bond acceptors (Lipinski definition) is 4. The molecule has 23 heavy (non-hydrogen) atoms. The molecule has 0 aromatic heterocycles. The van der Waals surface area contributed by atoms with Crippen LogP contribution in [0.5, 0.6) is 11.5 Å². The van der Waals surface area contributed by atoms with Gasteiger partial charge in [-0.2, -0.15) is 5.10 Å². The molecule has 3 rings (SSSR count). The lowest BCUT2D eigenvalue weighted by molar-refractivity contribution is -0.130. The summed E-state index contributed by atoms with van der Waals surface area (Å²) in [5.41, 5.74) is 3.99. The van der Waals surface area contributed by atoms with E-state index >= 15 is 0 Å². The molecule has 118 valence electrons. The summed E-state index contributed by atoms with van der Waals surface area (Å²) in [4.78, 5) is 12.2. The van der Waals surface area contributed by atoms with E-state index in [1.165, 1.54) is 0 Å². The van der Waals surface area contributed by atoms with Crippen LogP contribution >= 0.6 is 11.6 Å². The highest BCUT2D eigenvalue weighted by atomic mass is 35.5. The smallest absolute Gasteiger partial charge is 0.284 e. The van der Waals surface area contributed by atoms with Crippen LogP contribution < -0.4 is 14.9 Å². The summed E-state index contributed by atoms with van der Waals surface area (Å²) >= 11 is 5.94. The first-order chi connectivity index (χ1) is 11.1. The summed E-state index contributed by atoms with van der Waals surface area (Å²) in [5, 5.41) is 4.70. The van der Waals surface area contributed by atoms with Crippen molar-refractivity contribution >= 4 is 23.2 Å². The molecule has 0 fully saturated rings. The summed E-state index contributed by atoms with van der Waals surface area (Å²) in [6, 6.07) is 14.5. The first-order valence-electron chi connectivity index (χ1n) is 7.12. The number of hydrogen-bond donors (Lipinski definition) is 1. The number of para-hydroxylation sites is 2. The molecule has 1 heterocycles. The lowest BCUT2D eigenvalue weighted by Crippen LogP contribution is -2.42. The molecule has 5 nitrogen and oxygen atoms in total. The number of rotatable bonds is 3. The van der Waals surface area contributed by atoms with Crippen LogP contribution in [0.15, 0.2) is 53.6 Å². The minimum atomic E-state index is -0.735. The summed E-state index contributed by atoms with van der Waals surface area (Å²) in [6.45, 7) is 1.94. The fourth-order valence-corrected chi connectivity index (χ4v) is 2.33. The Hall–Kier alpha value is -2.53. The number of amides is 1. The average Bonchev–Trinajstić information content (AvgIpc) is 2.59. The summed E-state index contributed by atoms with van der Waals surface area (Å²) in [6.07, 6.45) is -0.735.